The van der Waals surface area contributed by atoms with Gasteiger partial charge in [-0.05, 0) is 35.8 Å². The van der Waals surface area contributed by atoms with Gasteiger partial charge in [-0.2, -0.15) is 5.26 Å². The van der Waals surface area contributed by atoms with Gasteiger partial charge in [-0.1, -0.05) is 11.6 Å². The Labute approximate surface area is 109 Å². The van der Waals surface area contributed by atoms with Crippen LogP contribution in [-0.4, -0.2) is 18.1 Å². The third-order valence-electron chi connectivity index (χ3n) is 2.18. The highest BCUT2D eigenvalue weighted by atomic mass is 79.9. The number of anilines is 1. The molecule has 1 aromatic heterocycles. The number of halogens is 2. The van der Waals surface area contributed by atoms with Crippen molar-refractivity contribution in [2.75, 3.05) is 18.0 Å². The first-order valence-electron chi connectivity index (χ1n) is 5.04. The Bertz CT molecular complexity index is 403. The highest BCUT2D eigenvalue weighted by Gasteiger charge is 2.13. The molecule has 0 N–H and O–H groups in total. The summed E-state index contributed by atoms with van der Waals surface area (Å²) in [4.78, 5) is 6.32. The van der Waals surface area contributed by atoms with Crippen LogP contribution >= 0.6 is 27.5 Å². The summed E-state index contributed by atoms with van der Waals surface area (Å²) >= 11 is 9.26. The van der Waals surface area contributed by atoms with Gasteiger partial charge < -0.3 is 4.90 Å². The molecule has 3 nitrogen and oxygen atoms in total. The first-order valence-corrected chi connectivity index (χ1v) is 6.21. The van der Waals surface area contributed by atoms with E-state index in [1.807, 2.05) is 24.8 Å². The molecular formula is C11H13BrClN3. The second-order valence-corrected chi connectivity index (χ2v) is 4.82. The van der Waals surface area contributed by atoms with Crippen LogP contribution in [0.25, 0.3) is 0 Å². The van der Waals surface area contributed by atoms with E-state index in [4.69, 9.17) is 16.9 Å². The van der Waals surface area contributed by atoms with Crippen molar-refractivity contribution < 1.29 is 0 Å². The fourth-order valence-electron chi connectivity index (χ4n) is 1.38. The van der Waals surface area contributed by atoms with Crippen LogP contribution in [-0.2, 0) is 0 Å². The van der Waals surface area contributed by atoms with Gasteiger partial charge in [0.25, 0.3) is 0 Å². The monoisotopic (exact) mass is 301 g/mol. The SMILES string of the molecule is CCN(CC(C)C#N)c1ncc(Cl)cc1Br. The zero-order valence-electron chi connectivity index (χ0n) is 9.24. The molecule has 0 aromatic carbocycles. The van der Waals surface area contributed by atoms with Crippen molar-refractivity contribution in [3.63, 3.8) is 0 Å². The van der Waals surface area contributed by atoms with E-state index < -0.39 is 0 Å². The quantitative estimate of drug-likeness (QED) is 0.855. The van der Waals surface area contributed by atoms with Gasteiger partial charge in [0.1, 0.15) is 5.82 Å². The van der Waals surface area contributed by atoms with Crippen molar-refractivity contribution in [2.24, 2.45) is 5.92 Å². The zero-order valence-corrected chi connectivity index (χ0v) is 11.6. The molecule has 1 unspecified atom stereocenters. The van der Waals surface area contributed by atoms with E-state index in [9.17, 15) is 0 Å². The van der Waals surface area contributed by atoms with Crippen LogP contribution < -0.4 is 4.90 Å². The fraction of sp³-hybridized carbons (Fsp3) is 0.455. The van der Waals surface area contributed by atoms with Gasteiger partial charge in [-0.25, -0.2) is 4.98 Å². The lowest BCUT2D eigenvalue weighted by molar-refractivity contribution is 0.678. The summed E-state index contributed by atoms with van der Waals surface area (Å²) in [5, 5.41) is 9.41. The van der Waals surface area contributed by atoms with Crippen LogP contribution in [0, 0.1) is 17.2 Å². The second-order valence-electron chi connectivity index (χ2n) is 3.53. The van der Waals surface area contributed by atoms with Crippen LogP contribution in [0.5, 0.6) is 0 Å². The summed E-state index contributed by atoms with van der Waals surface area (Å²) in [6.45, 7) is 5.40. The Kier molecular flexibility index (Phi) is 5.04. The topological polar surface area (TPSA) is 39.9 Å². The lowest BCUT2D eigenvalue weighted by atomic mass is 10.2. The van der Waals surface area contributed by atoms with Crippen LogP contribution in [0.4, 0.5) is 5.82 Å². The largest absolute Gasteiger partial charge is 0.355 e. The Morgan fingerprint density at radius 1 is 1.69 bits per heavy atom. The molecule has 0 aliphatic carbocycles. The van der Waals surface area contributed by atoms with E-state index in [-0.39, 0.29) is 5.92 Å². The van der Waals surface area contributed by atoms with Crippen molar-refractivity contribution in [2.45, 2.75) is 13.8 Å². The van der Waals surface area contributed by atoms with Gasteiger partial charge in [0.15, 0.2) is 0 Å². The molecule has 0 amide bonds. The van der Waals surface area contributed by atoms with E-state index >= 15 is 0 Å². The molecule has 1 heterocycles. The Hall–Kier alpha value is -0.790. The van der Waals surface area contributed by atoms with E-state index in [1.165, 1.54) is 0 Å². The number of rotatable bonds is 4. The molecule has 0 saturated carbocycles. The van der Waals surface area contributed by atoms with E-state index in [0.29, 0.717) is 11.6 Å². The molecule has 0 spiro atoms. The van der Waals surface area contributed by atoms with Crippen LogP contribution in [0.2, 0.25) is 5.02 Å². The molecule has 0 fully saturated rings. The van der Waals surface area contributed by atoms with Crippen molar-refractivity contribution in [3.8, 4) is 6.07 Å². The van der Waals surface area contributed by atoms with Gasteiger partial charge in [-0.3, -0.25) is 0 Å². The Morgan fingerprint density at radius 2 is 2.38 bits per heavy atom. The molecule has 0 bridgehead atoms. The summed E-state index contributed by atoms with van der Waals surface area (Å²) in [6.07, 6.45) is 1.61. The second kappa shape index (κ2) is 6.07. The maximum absolute atomic E-state index is 8.81. The Morgan fingerprint density at radius 3 is 2.88 bits per heavy atom. The van der Waals surface area contributed by atoms with Gasteiger partial charge in [0.05, 0.1) is 21.5 Å². The fourth-order valence-corrected chi connectivity index (χ4v) is 2.27. The normalized spacial score (nSPS) is 11.9. The van der Waals surface area contributed by atoms with Crippen LogP contribution in [0.1, 0.15) is 13.8 Å². The Balaban J connectivity index is 2.91. The molecule has 5 heteroatoms. The predicted octanol–water partition coefficient (Wildman–Crippen LogP) is 3.48. The van der Waals surface area contributed by atoms with Gasteiger partial charge in [-0.15, -0.1) is 0 Å². The minimum Gasteiger partial charge on any atom is -0.355 e. The molecule has 1 atom stereocenters. The number of hydrogen-bond acceptors (Lipinski definition) is 3. The smallest absolute Gasteiger partial charge is 0.143 e. The maximum atomic E-state index is 8.81. The number of pyridine rings is 1. The number of hydrogen-bond donors (Lipinski definition) is 0. The van der Waals surface area contributed by atoms with Crippen LogP contribution in [0.3, 0.4) is 0 Å². The van der Waals surface area contributed by atoms with Crippen molar-refractivity contribution in [3.05, 3.63) is 21.8 Å². The molecular weight excluding hydrogens is 289 g/mol. The first-order chi connectivity index (χ1) is 7.58. The molecule has 86 valence electrons. The molecule has 0 aliphatic heterocycles. The third-order valence-corrected chi connectivity index (χ3v) is 2.97. The first kappa shape index (κ1) is 13.3. The molecule has 0 aliphatic rings. The van der Waals surface area contributed by atoms with E-state index in [1.54, 1.807) is 6.20 Å². The minimum atomic E-state index is -0.0238. The summed E-state index contributed by atoms with van der Waals surface area (Å²) in [5.41, 5.74) is 0. The molecule has 1 rings (SSSR count). The standard InChI is InChI=1S/C11H13BrClN3/c1-3-16(7-8(2)5-14)11-10(12)4-9(13)6-15-11/h4,6,8H,3,7H2,1-2H3. The lowest BCUT2D eigenvalue weighted by Gasteiger charge is -2.24. The summed E-state index contributed by atoms with van der Waals surface area (Å²) < 4.78 is 0.854. The molecule has 1 aromatic rings. The highest BCUT2D eigenvalue weighted by molar-refractivity contribution is 9.10. The third kappa shape index (κ3) is 3.36. The van der Waals surface area contributed by atoms with Crippen molar-refractivity contribution in [1.82, 2.24) is 4.98 Å². The average molecular weight is 303 g/mol. The summed E-state index contributed by atoms with van der Waals surface area (Å²) in [6, 6.07) is 4.03. The minimum absolute atomic E-state index is 0.0238. The van der Waals surface area contributed by atoms with Crippen LogP contribution in [0.15, 0.2) is 16.7 Å². The maximum Gasteiger partial charge on any atom is 0.143 e. The number of aromatic nitrogens is 1. The van der Waals surface area contributed by atoms with E-state index in [2.05, 4.69) is 27.0 Å². The molecule has 0 radical (unpaired) electrons. The zero-order chi connectivity index (χ0) is 12.1. The molecule has 16 heavy (non-hydrogen) atoms. The predicted molar refractivity (Wildman–Crippen MR) is 69.6 cm³/mol. The average Bonchev–Trinajstić information content (AvgIpc) is 2.26. The molecule has 0 saturated heterocycles. The number of nitrogens with zero attached hydrogens (tertiary/aromatic N) is 3. The lowest BCUT2D eigenvalue weighted by Crippen LogP contribution is -2.28. The van der Waals surface area contributed by atoms with Gasteiger partial charge >= 0.3 is 0 Å². The van der Waals surface area contributed by atoms with Crippen molar-refractivity contribution >= 4 is 33.3 Å². The van der Waals surface area contributed by atoms with Gasteiger partial charge in [0, 0.05) is 19.3 Å². The van der Waals surface area contributed by atoms with Gasteiger partial charge in [0.2, 0.25) is 0 Å². The number of nitriles is 1. The van der Waals surface area contributed by atoms with Crippen molar-refractivity contribution in [1.29, 1.82) is 5.26 Å². The highest BCUT2D eigenvalue weighted by Crippen LogP contribution is 2.26. The van der Waals surface area contributed by atoms with E-state index in [0.717, 1.165) is 16.8 Å². The summed E-state index contributed by atoms with van der Waals surface area (Å²) in [5.74, 6) is 0.804. The summed E-state index contributed by atoms with van der Waals surface area (Å²) in [7, 11) is 0.